The normalized spacial score (nSPS) is 7.12. The van der Waals surface area contributed by atoms with Gasteiger partial charge in [-0.15, -0.1) is 0 Å². The van der Waals surface area contributed by atoms with Gasteiger partial charge in [0.1, 0.15) is 7.85 Å². The third kappa shape index (κ3) is 5.49. The standard InChI is InChI=1S/C4H10BNO.H3N/c1-2-6-4(7)3-5;/h2-3,5H2,1H3,(H,6,7);1H3. The Morgan fingerprint density at radius 2 is 2.25 bits per heavy atom. The smallest absolute Gasteiger partial charge is 0.212 e. The van der Waals surface area contributed by atoms with Gasteiger partial charge in [0, 0.05) is 6.54 Å². The van der Waals surface area contributed by atoms with E-state index in [1.807, 2.05) is 14.8 Å². The molecule has 0 saturated heterocycles. The minimum atomic E-state index is 0. The highest BCUT2D eigenvalue weighted by atomic mass is 16.1. The third-order valence-electron chi connectivity index (χ3n) is 0.695. The van der Waals surface area contributed by atoms with E-state index in [-0.39, 0.29) is 12.1 Å². The fourth-order valence-electron chi connectivity index (χ4n) is 0.322. The molecule has 0 atom stereocenters. The van der Waals surface area contributed by atoms with E-state index in [1.54, 1.807) is 0 Å². The van der Waals surface area contributed by atoms with Crippen molar-refractivity contribution < 1.29 is 4.79 Å². The Hall–Kier alpha value is -0.505. The number of carbonyl (C=O) groups is 1. The first-order valence-electron chi connectivity index (χ1n) is 2.58. The van der Waals surface area contributed by atoms with E-state index in [0.717, 1.165) is 6.54 Å². The molecular weight excluding hydrogens is 103 g/mol. The predicted molar refractivity (Wildman–Crippen MR) is 37.1 cm³/mol. The molecule has 0 aromatic heterocycles. The van der Waals surface area contributed by atoms with Gasteiger partial charge in [0.25, 0.3) is 0 Å². The second-order valence-corrected chi connectivity index (χ2v) is 1.31. The summed E-state index contributed by atoms with van der Waals surface area (Å²) in [6.45, 7) is 2.65. The van der Waals surface area contributed by atoms with Crippen LogP contribution in [0.3, 0.4) is 0 Å². The maximum atomic E-state index is 10.3. The zero-order valence-electron chi connectivity index (χ0n) is 5.53. The molecule has 0 heterocycles. The SMILES string of the molecule is BCC(=O)NCC.N. The van der Waals surface area contributed by atoms with Crippen LogP contribution in [0.1, 0.15) is 6.92 Å². The summed E-state index contributed by atoms with van der Waals surface area (Å²) in [5, 5.41) is 2.66. The predicted octanol–water partition coefficient (Wildman–Crippen LogP) is -0.664. The lowest BCUT2D eigenvalue weighted by molar-refractivity contribution is -0.118. The summed E-state index contributed by atoms with van der Waals surface area (Å²) in [5.74, 6) is 0.127. The second-order valence-electron chi connectivity index (χ2n) is 1.31. The first kappa shape index (κ1) is 10.5. The van der Waals surface area contributed by atoms with E-state index in [2.05, 4.69) is 5.32 Å². The topological polar surface area (TPSA) is 64.1 Å². The van der Waals surface area contributed by atoms with Crippen molar-refractivity contribution in [1.29, 1.82) is 0 Å². The lowest BCUT2D eigenvalue weighted by Gasteiger charge is -1.93. The van der Waals surface area contributed by atoms with Crippen LogP contribution in [0, 0.1) is 0 Å². The Morgan fingerprint density at radius 3 is 2.38 bits per heavy atom. The Morgan fingerprint density at radius 1 is 1.75 bits per heavy atom. The van der Waals surface area contributed by atoms with Gasteiger partial charge in [-0.3, -0.25) is 4.79 Å². The second kappa shape index (κ2) is 6.49. The zero-order chi connectivity index (χ0) is 5.70. The van der Waals surface area contributed by atoms with Gasteiger partial charge in [0.05, 0.1) is 0 Å². The van der Waals surface area contributed by atoms with Gasteiger partial charge < -0.3 is 11.5 Å². The van der Waals surface area contributed by atoms with Crippen molar-refractivity contribution in [3.05, 3.63) is 0 Å². The molecule has 0 saturated carbocycles. The Bertz CT molecular complexity index is 67.1. The monoisotopic (exact) mass is 116 g/mol. The van der Waals surface area contributed by atoms with E-state index in [4.69, 9.17) is 0 Å². The summed E-state index contributed by atoms with van der Waals surface area (Å²) in [7, 11) is 1.84. The molecule has 0 fully saturated rings. The van der Waals surface area contributed by atoms with Crippen LogP contribution in [0.2, 0.25) is 6.32 Å². The highest BCUT2D eigenvalue weighted by Gasteiger charge is 1.88. The van der Waals surface area contributed by atoms with E-state index in [9.17, 15) is 4.79 Å². The number of rotatable bonds is 2. The molecule has 48 valence electrons. The average Bonchev–Trinajstić information content (AvgIpc) is 1.68. The summed E-state index contributed by atoms with van der Waals surface area (Å²) in [4.78, 5) is 10.3. The molecule has 4 heteroatoms. The number of carbonyl (C=O) groups excluding carboxylic acids is 1. The highest BCUT2D eigenvalue weighted by molar-refractivity contribution is 6.19. The van der Waals surface area contributed by atoms with Crippen LogP contribution in [0.25, 0.3) is 0 Å². The van der Waals surface area contributed by atoms with E-state index >= 15 is 0 Å². The minimum absolute atomic E-state index is 0. The van der Waals surface area contributed by atoms with Crippen molar-refractivity contribution in [1.82, 2.24) is 11.5 Å². The lowest BCUT2D eigenvalue weighted by atomic mass is 10.1. The number of hydrogen-bond acceptors (Lipinski definition) is 2. The molecule has 0 spiro atoms. The molecule has 1 amide bonds. The molecule has 0 aromatic carbocycles. The van der Waals surface area contributed by atoms with E-state index in [1.165, 1.54) is 0 Å². The van der Waals surface area contributed by atoms with Crippen molar-refractivity contribution in [2.45, 2.75) is 13.2 Å². The highest BCUT2D eigenvalue weighted by Crippen LogP contribution is 1.67. The van der Waals surface area contributed by atoms with Crippen molar-refractivity contribution in [3.63, 3.8) is 0 Å². The Labute approximate surface area is 50.8 Å². The molecule has 0 rings (SSSR count). The summed E-state index contributed by atoms with van der Waals surface area (Å²) < 4.78 is 0. The van der Waals surface area contributed by atoms with Gasteiger partial charge in [0.15, 0.2) is 0 Å². The van der Waals surface area contributed by atoms with Crippen molar-refractivity contribution >= 4 is 13.8 Å². The molecule has 0 aliphatic carbocycles. The summed E-state index contributed by atoms with van der Waals surface area (Å²) in [6, 6.07) is 0. The maximum Gasteiger partial charge on any atom is 0.212 e. The quantitative estimate of drug-likeness (QED) is 0.470. The molecule has 0 aromatic rings. The van der Waals surface area contributed by atoms with Crippen molar-refractivity contribution in [3.8, 4) is 0 Å². The number of amides is 1. The zero-order valence-corrected chi connectivity index (χ0v) is 5.53. The van der Waals surface area contributed by atoms with Gasteiger partial charge in [-0.25, -0.2) is 0 Å². The Kier molecular flexibility index (Phi) is 8.50. The van der Waals surface area contributed by atoms with Gasteiger partial charge in [0.2, 0.25) is 5.91 Å². The molecule has 4 N–H and O–H groups in total. The Balaban J connectivity index is 0. The average molecular weight is 116 g/mol. The molecule has 8 heavy (non-hydrogen) atoms. The molecule has 0 aliphatic rings. The summed E-state index contributed by atoms with van der Waals surface area (Å²) >= 11 is 0. The number of nitrogens with one attached hydrogen (secondary N) is 1. The summed E-state index contributed by atoms with van der Waals surface area (Å²) in [6.07, 6.45) is 0.591. The van der Waals surface area contributed by atoms with Gasteiger partial charge in [-0.2, -0.15) is 0 Å². The molecule has 0 bridgehead atoms. The van der Waals surface area contributed by atoms with Crippen LogP contribution in [0.4, 0.5) is 0 Å². The molecule has 0 aliphatic heterocycles. The van der Waals surface area contributed by atoms with Gasteiger partial charge in [-0.1, -0.05) is 0 Å². The first-order valence-corrected chi connectivity index (χ1v) is 2.58. The van der Waals surface area contributed by atoms with Crippen LogP contribution in [0.5, 0.6) is 0 Å². The van der Waals surface area contributed by atoms with Gasteiger partial charge in [-0.05, 0) is 13.2 Å². The van der Waals surface area contributed by atoms with Crippen LogP contribution in [0.15, 0.2) is 0 Å². The third-order valence-corrected chi connectivity index (χ3v) is 0.695. The van der Waals surface area contributed by atoms with Crippen LogP contribution in [-0.4, -0.2) is 20.3 Å². The fourth-order valence-corrected chi connectivity index (χ4v) is 0.322. The number of hydrogen-bond donors (Lipinski definition) is 2. The van der Waals surface area contributed by atoms with Crippen molar-refractivity contribution in [2.24, 2.45) is 0 Å². The van der Waals surface area contributed by atoms with Crippen molar-refractivity contribution in [2.75, 3.05) is 6.54 Å². The van der Waals surface area contributed by atoms with Crippen LogP contribution in [-0.2, 0) is 4.79 Å². The molecule has 0 radical (unpaired) electrons. The maximum absolute atomic E-state index is 10.3. The van der Waals surface area contributed by atoms with Crippen LogP contribution < -0.4 is 11.5 Å². The summed E-state index contributed by atoms with van der Waals surface area (Å²) in [5.41, 5.74) is 0. The first-order chi connectivity index (χ1) is 3.31. The largest absolute Gasteiger partial charge is 0.357 e. The fraction of sp³-hybridized carbons (Fsp3) is 0.750. The van der Waals surface area contributed by atoms with Crippen LogP contribution >= 0.6 is 0 Å². The van der Waals surface area contributed by atoms with Gasteiger partial charge >= 0.3 is 0 Å². The minimum Gasteiger partial charge on any atom is -0.357 e. The molecule has 3 nitrogen and oxygen atoms in total. The van der Waals surface area contributed by atoms with E-state index in [0.29, 0.717) is 6.32 Å². The van der Waals surface area contributed by atoms with E-state index < -0.39 is 0 Å². The molecule has 0 unspecified atom stereocenters. The molecular formula is C4H13BN2O. The lowest BCUT2D eigenvalue weighted by Crippen LogP contribution is -2.21.